The minimum Gasteiger partial charge on any atom is -0.550 e. The Morgan fingerprint density at radius 1 is 0.885 bits per heavy atom. The molecule has 3 rings (SSSR count). The van der Waals surface area contributed by atoms with Gasteiger partial charge in [-0.25, -0.2) is 0 Å². The SMILES string of the molecule is CSc1ccc([C@](O)(CC(=O)[O-])c2ccc(-c3ccccc3)cc2)cc1. The molecule has 0 aliphatic carbocycles. The zero-order valence-electron chi connectivity index (χ0n) is 14.4. The first-order valence-electron chi connectivity index (χ1n) is 8.25. The van der Waals surface area contributed by atoms with Gasteiger partial charge >= 0.3 is 0 Å². The van der Waals surface area contributed by atoms with E-state index in [1.807, 2.05) is 60.9 Å². The van der Waals surface area contributed by atoms with Crippen LogP contribution in [0.15, 0.2) is 83.8 Å². The van der Waals surface area contributed by atoms with Gasteiger partial charge in [-0.2, -0.15) is 0 Å². The number of aliphatic hydroxyl groups is 1. The lowest BCUT2D eigenvalue weighted by Crippen LogP contribution is -2.36. The Balaban J connectivity index is 2.00. The van der Waals surface area contributed by atoms with Crippen molar-refractivity contribution in [2.24, 2.45) is 0 Å². The van der Waals surface area contributed by atoms with E-state index in [-0.39, 0.29) is 0 Å². The molecule has 0 spiro atoms. The smallest absolute Gasteiger partial charge is 0.120 e. The maximum absolute atomic E-state index is 11.3. The molecule has 0 aromatic heterocycles. The molecule has 0 radical (unpaired) electrons. The van der Waals surface area contributed by atoms with Gasteiger partial charge in [-0.3, -0.25) is 0 Å². The Labute approximate surface area is 157 Å². The highest BCUT2D eigenvalue weighted by molar-refractivity contribution is 7.98. The molecule has 0 fully saturated rings. The van der Waals surface area contributed by atoms with E-state index in [1.165, 1.54) is 0 Å². The van der Waals surface area contributed by atoms with Gasteiger partial charge in [0, 0.05) is 17.3 Å². The van der Waals surface area contributed by atoms with E-state index in [0.29, 0.717) is 11.1 Å². The number of thioether (sulfide) groups is 1. The molecule has 0 saturated carbocycles. The lowest BCUT2D eigenvalue weighted by atomic mass is 9.83. The fourth-order valence-corrected chi connectivity index (χ4v) is 3.42. The zero-order valence-corrected chi connectivity index (χ0v) is 15.2. The average Bonchev–Trinajstić information content (AvgIpc) is 2.68. The molecule has 3 aromatic rings. The van der Waals surface area contributed by atoms with Crippen molar-refractivity contribution in [1.29, 1.82) is 0 Å². The maximum atomic E-state index is 11.3. The molecule has 4 heteroatoms. The van der Waals surface area contributed by atoms with Gasteiger partial charge in [0.15, 0.2) is 0 Å². The number of hydrogen-bond donors (Lipinski definition) is 1. The molecule has 26 heavy (non-hydrogen) atoms. The number of carbonyl (C=O) groups is 1. The van der Waals surface area contributed by atoms with Gasteiger partial charge in [0.1, 0.15) is 5.60 Å². The number of carboxylic acids is 1. The third kappa shape index (κ3) is 3.82. The quantitative estimate of drug-likeness (QED) is 0.682. The highest BCUT2D eigenvalue weighted by Gasteiger charge is 2.31. The van der Waals surface area contributed by atoms with Crippen LogP contribution in [0.2, 0.25) is 0 Å². The second-order valence-corrected chi connectivity index (χ2v) is 6.96. The van der Waals surface area contributed by atoms with E-state index in [1.54, 1.807) is 36.0 Å². The van der Waals surface area contributed by atoms with E-state index in [0.717, 1.165) is 16.0 Å². The summed E-state index contributed by atoms with van der Waals surface area (Å²) in [5, 5.41) is 22.5. The first-order chi connectivity index (χ1) is 12.5. The molecule has 1 atom stereocenters. The normalized spacial score (nSPS) is 13.2. The van der Waals surface area contributed by atoms with Crippen molar-refractivity contribution in [3.05, 3.63) is 90.0 Å². The summed E-state index contributed by atoms with van der Waals surface area (Å²) in [6.07, 6.45) is 1.46. The standard InChI is InChI=1S/C22H20O3S/c1-26-20-13-11-19(12-14-20)22(25,15-21(23)24)18-9-7-17(8-10-18)16-5-3-2-4-6-16/h2-14,25H,15H2,1H3,(H,23,24)/p-1/t22-/m0/s1. The van der Waals surface area contributed by atoms with Gasteiger partial charge in [-0.05, 0) is 40.6 Å². The van der Waals surface area contributed by atoms with Crippen LogP contribution >= 0.6 is 11.8 Å². The number of aliphatic carboxylic acids is 1. The van der Waals surface area contributed by atoms with Crippen molar-refractivity contribution in [3.63, 3.8) is 0 Å². The summed E-state index contributed by atoms with van der Waals surface area (Å²) >= 11 is 1.59. The van der Waals surface area contributed by atoms with Crippen LogP contribution in [0.25, 0.3) is 11.1 Å². The van der Waals surface area contributed by atoms with E-state index < -0.39 is 18.0 Å². The summed E-state index contributed by atoms with van der Waals surface area (Å²) in [6.45, 7) is 0. The van der Waals surface area contributed by atoms with Crippen molar-refractivity contribution < 1.29 is 15.0 Å². The van der Waals surface area contributed by atoms with Gasteiger partial charge in [0.05, 0.1) is 0 Å². The Bertz CT molecular complexity index is 874. The van der Waals surface area contributed by atoms with Crippen molar-refractivity contribution in [1.82, 2.24) is 0 Å². The molecular weight excluding hydrogens is 344 g/mol. The molecule has 0 bridgehead atoms. The molecule has 0 aliphatic rings. The van der Waals surface area contributed by atoms with Gasteiger partial charge in [0.2, 0.25) is 0 Å². The minimum atomic E-state index is -1.63. The van der Waals surface area contributed by atoms with Crippen LogP contribution in [-0.2, 0) is 10.4 Å². The summed E-state index contributed by atoms with van der Waals surface area (Å²) in [5.41, 5.74) is 1.49. The summed E-state index contributed by atoms with van der Waals surface area (Å²) in [6, 6.07) is 24.5. The average molecular weight is 363 g/mol. The number of rotatable bonds is 6. The van der Waals surface area contributed by atoms with Crippen molar-refractivity contribution in [2.45, 2.75) is 16.9 Å². The Hall–Kier alpha value is -2.56. The molecule has 0 unspecified atom stereocenters. The topological polar surface area (TPSA) is 60.4 Å². The van der Waals surface area contributed by atoms with Crippen LogP contribution in [0.3, 0.4) is 0 Å². The number of hydrogen-bond acceptors (Lipinski definition) is 4. The van der Waals surface area contributed by atoms with Gasteiger partial charge in [0.25, 0.3) is 0 Å². The first-order valence-corrected chi connectivity index (χ1v) is 9.48. The monoisotopic (exact) mass is 363 g/mol. The van der Waals surface area contributed by atoms with Crippen molar-refractivity contribution >= 4 is 17.7 Å². The summed E-state index contributed by atoms with van der Waals surface area (Å²) in [4.78, 5) is 12.3. The van der Waals surface area contributed by atoms with E-state index >= 15 is 0 Å². The van der Waals surface area contributed by atoms with Gasteiger partial charge in [-0.1, -0.05) is 66.7 Å². The first kappa shape index (κ1) is 18.2. The van der Waals surface area contributed by atoms with Crippen LogP contribution in [0.1, 0.15) is 17.5 Å². The van der Waals surface area contributed by atoms with Crippen LogP contribution < -0.4 is 5.11 Å². The number of carboxylic acid groups (broad SMARTS) is 1. The molecule has 1 N–H and O–H groups in total. The molecule has 3 nitrogen and oxygen atoms in total. The van der Waals surface area contributed by atoms with E-state index in [9.17, 15) is 15.0 Å². The Morgan fingerprint density at radius 2 is 1.38 bits per heavy atom. The Kier molecular flexibility index (Phi) is 5.45. The summed E-state index contributed by atoms with van der Waals surface area (Å²) < 4.78 is 0. The molecule has 0 saturated heterocycles. The second-order valence-electron chi connectivity index (χ2n) is 6.08. The molecular formula is C22H19O3S-. The molecule has 0 aliphatic heterocycles. The van der Waals surface area contributed by atoms with Gasteiger partial charge in [-0.15, -0.1) is 11.8 Å². The second kappa shape index (κ2) is 7.77. The molecule has 132 valence electrons. The van der Waals surface area contributed by atoms with Crippen molar-refractivity contribution in [2.75, 3.05) is 6.26 Å². The lowest BCUT2D eigenvalue weighted by molar-refractivity contribution is -0.309. The maximum Gasteiger partial charge on any atom is 0.120 e. The van der Waals surface area contributed by atoms with E-state index in [4.69, 9.17) is 0 Å². The fourth-order valence-electron chi connectivity index (χ4n) is 3.02. The third-order valence-corrected chi connectivity index (χ3v) is 5.18. The van der Waals surface area contributed by atoms with Crippen LogP contribution in [0.4, 0.5) is 0 Å². The number of benzene rings is 3. The van der Waals surface area contributed by atoms with Crippen molar-refractivity contribution in [3.8, 4) is 11.1 Å². The van der Waals surface area contributed by atoms with Crippen LogP contribution in [-0.4, -0.2) is 17.3 Å². The molecule has 0 amide bonds. The Morgan fingerprint density at radius 3 is 1.88 bits per heavy atom. The van der Waals surface area contributed by atoms with E-state index in [2.05, 4.69) is 0 Å². The predicted molar refractivity (Wildman–Crippen MR) is 103 cm³/mol. The fraction of sp³-hybridized carbons (Fsp3) is 0.136. The molecule has 0 heterocycles. The lowest BCUT2D eigenvalue weighted by Gasteiger charge is -2.30. The molecule has 3 aromatic carbocycles. The van der Waals surface area contributed by atoms with Crippen LogP contribution in [0, 0.1) is 0 Å². The largest absolute Gasteiger partial charge is 0.550 e. The zero-order chi connectivity index (χ0) is 18.6. The highest BCUT2D eigenvalue weighted by Crippen LogP contribution is 2.35. The third-order valence-electron chi connectivity index (χ3n) is 4.44. The summed E-state index contributed by atoms with van der Waals surface area (Å²) in [5.74, 6) is -1.30. The predicted octanol–water partition coefficient (Wildman–Crippen LogP) is 3.45. The number of carbonyl (C=O) groups excluding carboxylic acids is 1. The minimum absolute atomic E-state index is 0.504. The van der Waals surface area contributed by atoms with Gasteiger partial charge < -0.3 is 15.0 Å². The van der Waals surface area contributed by atoms with Crippen LogP contribution in [0.5, 0.6) is 0 Å². The highest BCUT2D eigenvalue weighted by atomic mass is 32.2. The summed E-state index contributed by atoms with van der Waals surface area (Å²) in [7, 11) is 0.